The van der Waals surface area contributed by atoms with E-state index in [1.807, 2.05) is 5.32 Å². The quantitative estimate of drug-likeness (QED) is 0.154. The fourth-order valence-corrected chi connectivity index (χ4v) is 5.56. The maximum absolute atomic E-state index is 16.0. The van der Waals surface area contributed by atoms with Crippen molar-refractivity contribution in [2.24, 2.45) is 0 Å². The van der Waals surface area contributed by atoms with E-state index in [0.29, 0.717) is 5.75 Å². The second-order valence-electron chi connectivity index (χ2n) is 10.1. The number of rotatable bonds is 11. The first-order valence-electron chi connectivity index (χ1n) is 13.5. The maximum Gasteiger partial charge on any atom is 0.586 e. The number of thioether (sulfide) groups is 1. The summed E-state index contributed by atoms with van der Waals surface area (Å²) in [6, 6.07) is 5.50. The second kappa shape index (κ2) is 14.3. The normalized spacial score (nSPS) is 14.1. The van der Waals surface area contributed by atoms with Crippen LogP contribution in [0.1, 0.15) is 32.7 Å². The average Bonchev–Trinajstić information content (AvgIpc) is 3.32. The molecule has 1 aliphatic heterocycles. The number of hydrogen-bond acceptors (Lipinski definition) is 6. The van der Waals surface area contributed by atoms with E-state index in [2.05, 4.69) is 30.1 Å². The summed E-state index contributed by atoms with van der Waals surface area (Å²) in [5.74, 6) is -5.93. The minimum absolute atomic E-state index is 0.0882. The van der Waals surface area contributed by atoms with Crippen molar-refractivity contribution >= 4 is 50.9 Å². The summed E-state index contributed by atoms with van der Waals surface area (Å²) in [7, 11) is 0. The molecule has 0 saturated carbocycles. The summed E-state index contributed by atoms with van der Waals surface area (Å²) in [5.41, 5.74) is -11.1. The summed E-state index contributed by atoms with van der Waals surface area (Å²) >= 11 is 3.88. The molecule has 0 aromatic heterocycles. The van der Waals surface area contributed by atoms with Crippen LogP contribution in [0.5, 0.6) is 17.2 Å². The Kier molecular flexibility index (Phi) is 11.1. The van der Waals surface area contributed by atoms with Crippen LogP contribution in [0.15, 0.2) is 53.0 Å². The van der Waals surface area contributed by atoms with Crippen LogP contribution in [-0.2, 0) is 5.67 Å². The molecule has 21 heteroatoms. The van der Waals surface area contributed by atoms with Crippen molar-refractivity contribution in [2.75, 3.05) is 28.8 Å². The van der Waals surface area contributed by atoms with E-state index < -0.39 is 92.8 Å². The molecular weight excluding hydrogens is 796 g/mol. The highest BCUT2D eigenvalue weighted by Gasteiger charge is 2.73. The third-order valence-corrected chi connectivity index (χ3v) is 8.15. The highest BCUT2D eigenvalue weighted by Crippen LogP contribution is 2.55. The summed E-state index contributed by atoms with van der Waals surface area (Å²) in [5, 5.41) is 1.84. The molecule has 1 heterocycles. The van der Waals surface area contributed by atoms with E-state index >= 15 is 4.39 Å². The topological polar surface area (TPSA) is 77.1 Å². The lowest BCUT2D eigenvalue weighted by atomic mass is 9.93. The van der Waals surface area contributed by atoms with Gasteiger partial charge in [0.05, 0.1) is 16.9 Å². The largest absolute Gasteiger partial charge is 0.586 e. The van der Waals surface area contributed by atoms with Crippen LogP contribution < -0.4 is 24.4 Å². The van der Waals surface area contributed by atoms with Gasteiger partial charge in [-0.05, 0) is 76.8 Å². The fourth-order valence-electron chi connectivity index (χ4n) is 4.60. The van der Waals surface area contributed by atoms with Gasteiger partial charge in [0.15, 0.2) is 23.1 Å². The van der Waals surface area contributed by atoms with E-state index in [4.69, 9.17) is 0 Å². The predicted molar refractivity (Wildman–Crippen MR) is 157 cm³/mol. The maximum atomic E-state index is 16.0. The van der Waals surface area contributed by atoms with Crippen molar-refractivity contribution in [3.8, 4) is 17.2 Å². The van der Waals surface area contributed by atoms with Gasteiger partial charge in [-0.1, -0.05) is 6.07 Å². The number of hydrogen-bond donors (Lipinski definition) is 1. The number of nitrogens with one attached hydrogen (secondary N) is 1. The highest BCUT2D eigenvalue weighted by molar-refractivity contribution is 9.10. The number of amides is 2. The van der Waals surface area contributed by atoms with Crippen molar-refractivity contribution in [3.05, 3.63) is 75.5 Å². The molecule has 0 radical (unpaired) electrons. The van der Waals surface area contributed by atoms with Crippen LogP contribution in [0.3, 0.4) is 0 Å². The van der Waals surface area contributed by atoms with E-state index in [-0.39, 0.29) is 30.7 Å². The Balaban J connectivity index is 1.74. The Morgan fingerprint density at radius 2 is 1.62 bits per heavy atom. The number of halogens is 13. The molecule has 272 valence electrons. The number of carbonyl (C=O) groups excluding carboxylic acids is 2. The van der Waals surface area contributed by atoms with Gasteiger partial charge in [0.2, 0.25) is 0 Å². The Morgan fingerprint density at radius 1 is 0.980 bits per heavy atom. The lowest BCUT2D eigenvalue weighted by molar-refractivity contribution is -0.348. The molecule has 0 saturated heterocycles. The van der Waals surface area contributed by atoms with Crippen molar-refractivity contribution in [2.45, 2.75) is 37.3 Å². The third-order valence-electron chi connectivity index (χ3n) is 6.82. The Bertz CT molecular complexity index is 1760. The molecule has 0 fully saturated rings. The molecule has 0 bridgehead atoms. The van der Waals surface area contributed by atoms with Crippen molar-refractivity contribution in [1.82, 2.24) is 0 Å². The number of ether oxygens (including phenoxy) is 3. The number of anilines is 2. The zero-order valence-electron chi connectivity index (χ0n) is 24.6. The molecule has 0 atom stereocenters. The first-order valence-corrected chi connectivity index (χ1v) is 15.7. The lowest BCUT2D eigenvalue weighted by Crippen LogP contribution is -2.50. The first-order chi connectivity index (χ1) is 23.1. The molecule has 4 rings (SSSR count). The molecule has 3 aromatic rings. The first kappa shape index (κ1) is 38.8. The Labute approximate surface area is 286 Å². The summed E-state index contributed by atoms with van der Waals surface area (Å²) < 4.78 is 176. The number of fused-ring (bicyclic) bond motifs is 1. The number of benzene rings is 3. The monoisotopic (exact) mass is 814 g/mol. The fraction of sp³-hybridized carbons (Fsp3) is 0.310. The minimum Gasteiger partial charge on any atom is -0.433 e. The number of carbonyl (C=O) groups is 2. The molecule has 0 unspecified atom stereocenters. The SMILES string of the molecule is CSCCCN(C(=O)c1ccc2c(c1)OC(F)(F)O2)c1cccc(C(=O)Nc2c(Br)cc(C(F)(C(F)(F)F)C(F)(F)F)cc2OC(F)F)c1F. The van der Waals surface area contributed by atoms with Gasteiger partial charge in [-0.2, -0.15) is 46.9 Å². The Hall–Kier alpha value is -4.01. The second-order valence-corrected chi connectivity index (χ2v) is 11.9. The van der Waals surface area contributed by atoms with Crippen molar-refractivity contribution in [1.29, 1.82) is 0 Å². The third kappa shape index (κ3) is 7.82. The molecule has 7 nitrogen and oxygen atoms in total. The molecule has 50 heavy (non-hydrogen) atoms. The van der Waals surface area contributed by atoms with E-state index in [9.17, 15) is 57.9 Å². The van der Waals surface area contributed by atoms with Crippen LogP contribution >= 0.6 is 27.7 Å². The van der Waals surface area contributed by atoms with Gasteiger partial charge in [-0.3, -0.25) is 9.59 Å². The minimum atomic E-state index is -6.63. The zero-order valence-corrected chi connectivity index (χ0v) is 27.0. The van der Waals surface area contributed by atoms with Gasteiger partial charge in [-0.25, -0.2) is 8.78 Å². The highest BCUT2D eigenvalue weighted by atomic mass is 79.9. The van der Waals surface area contributed by atoms with Gasteiger partial charge < -0.3 is 24.4 Å². The molecule has 3 aromatic carbocycles. The molecule has 1 aliphatic rings. The lowest BCUT2D eigenvalue weighted by Gasteiger charge is -2.31. The van der Waals surface area contributed by atoms with E-state index in [0.717, 1.165) is 41.3 Å². The summed E-state index contributed by atoms with van der Waals surface area (Å²) in [6.07, 6.45) is -15.3. The van der Waals surface area contributed by atoms with Crippen molar-refractivity contribution in [3.63, 3.8) is 0 Å². The predicted octanol–water partition coefficient (Wildman–Crippen LogP) is 9.45. The van der Waals surface area contributed by atoms with Crippen LogP contribution in [-0.4, -0.2) is 55.6 Å². The van der Waals surface area contributed by atoms with Gasteiger partial charge >= 0.3 is 30.9 Å². The molecule has 1 N–H and O–H groups in total. The molecule has 2 amide bonds. The van der Waals surface area contributed by atoms with Crippen molar-refractivity contribution < 1.29 is 76.5 Å². The van der Waals surface area contributed by atoms with Crippen LogP contribution in [0.4, 0.5) is 64.1 Å². The standard InChI is InChI=1S/C29H19BrF12N2O5S/c1-50-9-3-8-44(24(46)13-6-7-18-19(10-13)49-29(41,42)48-18)17-5-2-4-15(21(17)31)23(45)43-22-16(30)11-14(12-20(22)47-25(32)33)26(34,27(35,36)37)28(38,39)40/h2,4-7,10-12,25H,3,8-9H2,1H3,(H,43,45). The number of nitrogens with zero attached hydrogens (tertiary/aromatic N) is 1. The van der Waals surface area contributed by atoms with E-state index in [1.165, 1.54) is 11.8 Å². The van der Waals surface area contributed by atoms with Gasteiger partial charge in [-0.15, -0.1) is 8.78 Å². The molecular formula is C29H19BrF12N2O5S. The Morgan fingerprint density at radius 3 is 2.22 bits per heavy atom. The van der Waals surface area contributed by atoms with Gasteiger partial charge in [0.25, 0.3) is 11.8 Å². The zero-order chi connectivity index (χ0) is 37.4. The van der Waals surface area contributed by atoms with Gasteiger partial charge in [0, 0.05) is 22.1 Å². The smallest absolute Gasteiger partial charge is 0.433 e. The van der Waals surface area contributed by atoms with Gasteiger partial charge in [0.1, 0.15) is 0 Å². The van der Waals surface area contributed by atoms with Crippen LogP contribution in [0, 0.1) is 5.82 Å². The van der Waals surface area contributed by atoms with Crippen LogP contribution in [0.25, 0.3) is 0 Å². The van der Waals surface area contributed by atoms with E-state index in [1.54, 1.807) is 6.26 Å². The summed E-state index contributed by atoms with van der Waals surface area (Å²) in [6.45, 7) is -4.11. The molecule has 0 spiro atoms. The summed E-state index contributed by atoms with van der Waals surface area (Å²) in [4.78, 5) is 27.6. The number of alkyl halides is 11. The van der Waals surface area contributed by atoms with Crippen LogP contribution in [0.2, 0.25) is 0 Å². The average molecular weight is 815 g/mol. The molecule has 0 aliphatic carbocycles.